The van der Waals surface area contributed by atoms with Crippen LogP contribution in [0.5, 0.6) is 11.5 Å². The number of H-pyrrole nitrogens is 1. The molecule has 0 aliphatic carbocycles. The maximum Gasteiger partial charge on any atom is 0.330 e. The lowest BCUT2D eigenvalue weighted by Gasteiger charge is -2.41. The van der Waals surface area contributed by atoms with E-state index >= 15 is 0 Å². The number of hydrogen-bond acceptors (Lipinski definition) is 12. The van der Waals surface area contributed by atoms with E-state index in [2.05, 4.69) is 57.1 Å². The van der Waals surface area contributed by atoms with Crippen LogP contribution in [0.15, 0.2) is 149 Å². The summed E-state index contributed by atoms with van der Waals surface area (Å²) >= 11 is 0. The van der Waals surface area contributed by atoms with Gasteiger partial charge in [-0.15, -0.1) is 0 Å². The molecule has 0 radical (unpaired) electrons. The molecule has 2 fully saturated rings. The topological polar surface area (TPSA) is 176 Å². The van der Waals surface area contributed by atoms with E-state index in [0.717, 1.165) is 49.0 Å². The van der Waals surface area contributed by atoms with Crippen molar-refractivity contribution in [2.45, 2.75) is 75.8 Å². The molecule has 76 heavy (non-hydrogen) atoms. The summed E-state index contributed by atoms with van der Waals surface area (Å²) in [5, 5.41) is 18.6. The molecule has 16 heteroatoms. The summed E-state index contributed by atoms with van der Waals surface area (Å²) in [7, 11) is 1.35. The first-order chi connectivity index (χ1) is 36.9. The minimum atomic E-state index is -1.88. The van der Waals surface area contributed by atoms with Crippen molar-refractivity contribution in [2.75, 3.05) is 40.6 Å². The summed E-state index contributed by atoms with van der Waals surface area (Å²) in [6.07, 6.45) is -1.53. The first-order valence-electron chi connectivity index (χ1n) is 25.2. The number of carbonyl (C=O) groups excluding carboxylic acids is 1. The third kappa shape index (κ3) is 9.72. The van der Waals surface area contributed by atoms with Crippen molar-refractivity contribution in [3.05, 3.63) is 188 Å². The number of nitriles is 1. The van der Waals surface area contributed by atoms with Gasteiger partial charge in [-0.1, -0.05) is 115 Å². The molecule has 10 rings (SSSR count). The number of methoxy groups -OCH3 is 2. The van der Waals surface area contributed by atoms with Gasteiger partial charge in [0.05, 0.1) is 53.1 Å². The van der Waals surface area contributed by atoms with E-state index in [0.29, 0.717) is 17.1 Å². The number of aromatic amines is 1. The van der Waals surface area contributed by atoms with Crippen LogP contribution >= 0.6 is 8.53 Å². The molecule has 7 aromatic carbocycles. The fourth-order valence-corrected chi connectivity index (χ4v) is 12.4. The van der Waals surface area contributed by atoms with Crippen LogP contribution in [0.25, 0.3) is 32.3 Å². The van der Waals surface area contributed by atoms with E-state index < -0.39 is 49.4 Å². The minimum Gasteiger partial charge on any atom is -0.497 e. The quantitative estimate of drug-likeness (QED) is 0.0258. The van der Waals surface area contributed by atoms with Crippen LogP contribution < -0.4 is 26.0 Å². The summed E-state index contributed by atoms with van der Waals surface area (Å²) < 4.78 is 49.4. The fourth-order valence-electron chi connectivity index (χ4n) is 10.6. The van der Waals surface area contributed by atoms with Crippen molar-refractivity contribution in [1.29, 1.82) is 5.26 Å². The number of aromatic nitrogens is 2. The number of ether oxygens (including phenoxy) is 5. The van der Waals surface area contributed by atoms with E-state index in [1.165, 1.54) is 10.8 Å². The van der Waals surface area contributed by atoms with Gasteiger partial charge in [0.1, 0.15) is 40.5 Å². The standard InChI is InChI=1S/C60H58N5O10P/c1-38(2)65(39(3)4)76(73-34-12-32-61)75-54-53-57(74-59(54,36-71-53)37-72-60(44-16-8-7-9-17-44,45-22-26-47(69-5)27-23-45)46-24-28-48(70-6)29-25-46)64-35-43(55(66)63-58(64)68)15-11-33-62-56(67)50-31-21-42-19-18-40-13-10-14-41-20-30-49(50)52(42)51(40)41/h7-10,13-14,16-31,35,38-39,53-54,57H,12,33-34,36-37H2,1-6H3,(H,62,67)(H,63,66,68)/t53-,54+,57+,59-,76?/m0/s1. The van der Waals surface area contributed by atoms with Crippen LogP contribution in [0, 0.1) is 23.2 Å². The number of nitrogens with one attached hydrogen (secondary N) is 2. The van der Waals surface area contributed by atoms with Crippen molar-refractivity contribution >= 4 is 46.8 Å². The van der Waals surface area contributed by atoms with E-state index in [-0.39, 0.29) is 56.3 Å². The molecule has 388 valence electrons. The SMILES string of the molecule is COc1ccc(C(OC[C@]23CO[C@H]([C@H](n4cc(C#CCNC(=O)c5ccc6ccc7cccc8ccc5c6c78)c(=O)[nH]c4=O)O2)[C@H]3OP(OCCC#N)N(C(C)C)C(C)C)(c2ccccc2)c2ccc(OC)cc2)cc1. The van der Waals surface area contributed by atoms with Crippen LogP contribution in [0.2, 0.25) is 0 Å². The van der Waals surface area contributed by atoms with Gasteiger partial charge in [0.2, 0.25) is 0 Å². The lowest BCUT2D eigenvalue weighted by atomic mass is 9.79. The lowest BCUT2D eigenvalue weighted by Crippen LogP contribution is -2.49. The van der Waals surface area contributed by atoms with E-state index in [4.69, 9.17) is 32.7 Å². The molecule has 1 amide bonds. The molecule has 2 aliphatic heterocycles. The first kappa shape index (κ1) is 52.0. The molecule has 15 nitrogen and oxygen atoms in total. The van der Waals surface area contributed by atoms with Gasteiger partial charge in [-0.3, -0.25) is 19.1 Å². The molecule has 0 spiro atoms. The van der Waals surface area contributed by atoms with Crippen molar-refractivity contribution in [1.82, 2.24) is 19.5 Å². The first-order valence-corrected chi connectivity index (χ1v) is 26.3. The molecule has 0 saturated carbocycles. The van der Waals surface area contributed by atoms with Gasteiger partial charge in [-0.2, -0.15) is 5.26 Å². The smallest absolute Gasteiger partial charge is 0.330 e. The van der Waals surface area contributed by atoms with Crippen LogP contribution in [0.3, 0.4) is 0 Å². The number of carbonyl (C=O) groups is 1. The molecule has 1 unspecified atom stereocenters. The second kappa shape index (κ2) is 22.0. The predicted octanol–water partition coefficient (Wildman–Crippen LogP) is 9.57. The third-order valence-corrected chi connectivity index (χ3v) is 16.2. The van der Waals surface area contributed by atoms with Crippen LogP contribution in [0.1, 0.15) is 73.0 Å². The fraction of sp³-hybridized carbons (Fsp3) is 0.300. The van der Waals surface area contributed by atoms with Gasteiger partial charge in [0.15, 0.2) is 6.23 Å². The van der Waals surface area contributed by atoms with Crippen LogP contribution in [-0.2, 0) is 28.9 Å². The zero-order valence-corrected chi connectivity index (χ0v) is 44.0. The molecule has 8 aromatic rings. The van der Waals surface area contributed by atoms with Crippen molar-refractivity contribution < 1.29 is 37.5 Å². The second-order valence-electron chi connectivity index (χ2n) is 19.4. The van der Waals surface area contributed by atoms with E-state index in [9.17, 15) is 19.6 Å². The van der Waals surface area contributed by atoms with Gasteiger partial charge in [-0.25, -0.2) is 9.46 Å². The van der Waals surface area contributed by atoms with Crippen molar-refractivity contribution in [2.24, 2.45) is 0 Å². The summed E-state index contributed by atoms with van der Waals surface area (Å²) in [5.41, 5.74) is -1.32. The van der Waals surface area contributed by atoms with Crippen molar-refractivity contribution in [3.8, 4) is 29.4 Å². The zero-order chi connectivity index (χ0) is 53.1. The van der Waals surface area contributed by atoms with Gasteiger partial charge in [-0.05, 0) is 107 Å². The predicted molar refractivity (Wildman–Crippen MR) is 292 cm³/mol. The van der Waals surface area contributed by atoms with E-state index in [1.807, 2.05) is 137 Å². The molecular formula is C60H58N5O10P. The molecule has 1 aromatic heterocycles. The molecule has 2 aliphatic rings. The molecular weight excluding hydrogens is 982 g/mol. The average molecular weight is 1040 g/mol. The second-order valence-corrected chi connectivity index (χ2v) is 20.8. The number of fused-ring (bicyclic) bond motifs is 2. The van der Waals surface area contributed by atoms with Gasteiger partial charge in [0.25, 0.3) is 20.0 Å². The summed E-state index contributed by atoms with van der Waals surface area (Å²) in [5.74, 6) is 6.80. The third-order valence-electron chi connectivity index (χ3n) is 14.1. The zero-order valence-electron chi connectivity index (χ0n) is 43.1. The minimum absolute atomic E-state index is 0.00375. The number of rotatable bonds is 19. The lowest BCUT2D eigenvalue weighted by molar-refractivity contribution is -0.203. The van der Waals surface area contributed by atoms with Crippen molar-refractivity contribution in [3.63, 3.8) is 0 Å². The highest BCUT2D eigenvalue weighted by molar-refractivity contribution is 7.44. The largest absolute Gasteiger partial charge is 0.497 e. The Labute approximate surface area is 441 Å². The Bertz CT molecular complexity index is 3530. The maximum absolute atomic E-state index is 14.1. The highest BCUT2D eigenvalue weighted by atomic mass is 31.2. The van der Waals surface area contributed by atoms with Gasteiger partial charge >= 0.3 is 5.69 Å². The molecule has 2 N–H and O–H groups in total. The Hall–Kier alpha value is -7.43. The number of benzene rings is 7. The summed E-state index contributed by atoms with van der Waals surface area (Å²) in [6.45, 7) is 8.05. The monoisotopic (exact) mass is 1040 g/mol. The van der Waals surface area contributed by atoms with Crippen LogP contribution in [-0.4, -0.2) is 90.6 Å². The molecule has 3 heterocycles. The maximum atomic E-state index is 14.1. The molecule has 2 bridgehead atoms. The molecule has 2 saturated heterocycles. The van der Waals surface area contributed by atoms with E-state index in [1.54, 1.807) is 14.2 Å². The number of nitrogens with zero attached hydrogens (tertiary/aromatic N) is 3. The highest BCUT2D eigenvalue weighted by Crippen LogP contribution is 2.56. The van der Waals surface area contributed by atoms with Crippen LogP contribution in [0.4, 0.5) is 0 Å². The Morgan fingerprint density at radius 2 is 1.45 bits per heavy atom. The van der Waals surface area contributed by atoms with Gasteiger partial charge < -0.3 is 38.0 Å². The Kier molecular flexibility index (Phi) is 15.1. The number of hydrogen-bond donors (Lipinski definition) is 2. The number of amides is 1. The Balaban J connectivity index is 1.00. The molecule has 5 atom stereocenters. The summed E-state index contributed by atoms with van der Waals surface area (Å²) in [4.78, 5) is 43.7. The van der Waals surface area contributed by atoms with Gasteiger partial charge in [0, 0.05) is 23.8 Å². The summed E-state index contributed by atoms with van der Waals surface area (Å²) in [6, 6.07) is 45.3. The Morgan fingerprint density at radius 1 is 0.829 bits per heavy atom. The highest BCUT2D eigenvalue weighted by Gasteiger charge is 2.65. The Morgan fingerprint density at radius 3 is 2.08 bits per heavy atom. The normalized spacial score (nSPS) is 18.6. The average Bonchev–Trinajstić information content (AvgIpc) is 4.05.